The summed E-state index contributed by atoms with van der Waals surface area (Å²) in [5.74, 6) is 1.99. The maximum atomic E-state index is 5.22. The lowest BCUT2D eigenvalue weighted by atomic mass is 9.98. The van der Waals surface area contributed by atoms with E-state index in [1.807, 2.05) is 29.5 Å². The summed E-state index contributed by atoms with van der Waals surface area (Å²) >= 11 is 1.81. The summed E-state index contributed by atoms with van der Waals surface area (Å²) in [4.78, 5) is 15.4. The Kier molecular flexibility index (Phi) is 6.00. The van der Waals surface area contributed by atoms with Gasteiger partial charge < -0.3 is 0 Å². The Balaban J connectivity index is 1.32. The predicted octanol–water partition coefficient (Wildman–Crippen LogP) is 11.2. The molecule has 9 rings (SSSR count). The molecule has 45 heavy (non-hydrogen) atoms. The first-order valence-electron chi connectivity index (χ1n) is 15.0. The fourth-order valence-corrected chi connectivity index (χ4v) is 7.49. The molecule has 0 aliphatic heterocycles. The van der Waals surface area contributed by atoms with E-state index in [-0.39, 0.29) is 0 Å². The van der Waals surface area contributed by atoms with Crippen LogP contribution in [-0.4, -0.2) is 15.0 Å². The molecule has 0 amide bonds. The number of rotatable bonds is 4. The Morgan fingerprint density at radius 3 is 1.80 bits per heavy atom. The van der Waals surface area contributed by atoms with Gasteiger partial charge in [-0.2, -0.15) is 0 Å². The molecule has 0 radical (unpaired) electrons. The topological polar surface area (TPSA) is 38.7 Å². The fraction of sp³-hybridized carbons (Fsp3) is 0. The lowest BCUT2D eigenvalue weighted by molar-refractivity contribution is 1.08. The third kappa shape index (κ3) is 4.46. The lowest BCUT2D eigenvalue weighted by Gasteiger charge is -2.12. The average Bonchev–Trinajstić information content (AvgIpc) is 3.50. The zero-order chi connectivity index (χ0) is 29.7. The van der Waals surface area contributed by atoms with Gasteiger partial charge in [0, 0.05) is 36.9 Å². The molecule has 0 fully saturated rings. The molecule has 0 saturated heterocycles. The summed E-state index contributed by atoms with van der Waals surface area (Å²) in [6, 6.07) is 53.3. The van der Waals surface area contributed by atoms with Crippen molar-refractivity contribution in [1.82, 2.24) is 15.0 Å². The molecular formula is C41H25N3S. The summed E-state index contributed by atoms with van der Waals surface area (Å²) in [6.45, 7) is 0. The van der Waals surface area contributed by atoms with Gasteiger partial charge in [-0.25, -0.2) is 15.0 Å². The molecule has 0 aliphatic carbocycles. The average molecular weight is 592 g/mol. The van der Waals surface area contributed by atoms with E-state index in [9.17, 15) is 0 Å². The van der Waals surface area contributed by atoms with Gasteiger partial charge in [0.25, 0.3) is 0 Å². The summed E-state index contributed by atoms with van der Waals surface area (Å²) in [5.41, 5.74) is 5.24. The van der Waals surface area contributed by atoms with Crippen LogP contribution in [0.15, 0.2) is 152 Å². The molecule has 0 N–H and O–H groups in total. The third-order valence-corrected chi connectivity index (χ3v) is 9.61. The Bertz CT molecular complexity index is 2540. The molecule has 3 nitrogen and oxygen atoms in total. The summed E-state index contributed by atoms with van der Waals surface area (Å²) < 4.78 is 2.46. The van der Waals surface area contributed by atoms with Gasteiger partial charge in [-0.3, -0.25) is 0 Å². The molecule has 9 aromatic rings. The van der Waals surface area contributed by atoms with Crippen LogP contribution in [0.25, 0.3) is 87.0 Å². The number of benzene rings is 7. The number of nitrogens with zero attached hydrogens (tertiary/aromatic N) is 3. The Morgan fingerprint density at radius 2 is 0.978 bits per heavy atom. The summed E-state index contributed by atoms with van der Waals surface area (Å²) in [5, 5.41) is 7.25. The first kappa shape index (κ1) is 25.8. The molecule has 0 unspecified atom stereocenters. The van der Waals surface area contributed by atoms with E-state index in [1.165, 1.54) is 36.3 Å². The van der Waals surface area contributed by atoms with Crippen LogP contribution in [0.5, 0.6) is 0 Å². The first-order chi connectivity index (χ1) is 22.3. The molecule has 210 valence electrons. The summed E-state index contributed by atoms with van der Waals surface area (Å²) in [7, 11) is 0. The van der Waals surface area contributed by atoms with E-state index >= 15 is 0 Å². The van der Waals surface area contributed by atoms with Crippen LogP contribution in [-0.2, 0) is 0 Å². The van der Waals surface area contributed by atoms with Crippen molar-refractivity contribution in [1.29, 1.82) is 0 Å². The van der Waals surface area contributed by atoms with Crippen LogP contribution in [0.3, 0.4) is 0 Å². The smallest absolute Gasteiger partial charge is 0.164 e. The molecular weight excluding hydrogens is 567 g/mol. The van der Waals surface area contributed by atoms with Gasteiger partial charge in [-0.15, -0.1) is 11.3 Å². The van der Waals surface area contributed by atoms with Crippen molar-refractivity contribution < 1.29 is 0 Å². The Labute approximate surface area is 264 Å². The highest BCUT2D eigenvalue weighted by molar-refractivity contribution is 7.26. The minimum atomic E-state index is 0.659. The minimum absolute atomic E-state index is 0.659. The first-order valence-corrected chi connectivity index (χ1v) is 15.8. The van der Waals surface area contributed by atoms with Crippen molar-refractivity contribution in [3.63, 3.8) is 0 Å². The molecule has 0 saturated carbocycles. The molecule has 4 heteroatoms. The number of fused-ring (bicyclic) bond motifs is 6. The van der Waals surface area contributed by atoms with E-state index in [1.54, 1.807) is 0 Å². The van der Waals surface area contributed by atoms with Crippen LogP contribution in [0.4, 0.5) is 0 Å². The monoisotopic (exact) mass is 591 g/mol. The van der Waals surface area contributed by atoms with E-state index in [4.69, 9.17) is 15.0 Å². The van der Waals surface area contributed by atoms with Gasteiger partial charge in [0.15, 0.2) is 17.5 Å². The van der Waals surface area contributed by atoms with Crippen LogP contribution in [0.2, 0.25) is 0 Å². The van der Waals surface area contributed by atoms with Gasteiger partial charge in [-0.1, -0.05) is 127 Å². The van der Waals surface area contributed by atoms with Crippen molar-refractivity contribution in [2.24, 2.45) is 0 Å². The van der Waals surface area contributed by atoms with E-state index < -0.39 is 0 Å². The zero-order valence-corrected chi connectivity index (χ0v) is 25.0. The van der Waals surface area contributed by atoms with Gasteiger partial charge in [0.1, 0.15) is 0 Å². The quantitative estimate of drug-likeness (QED) is 0.191. The third-order valence-electron chi connectivity index (χ3n) is 8.50. The number of thiophene rings is 1. The van der Waals surface area contributed by atoms with Gasteiger partial charge in [-0.05, 0) is 56.9 Å². The highest BCUT2D eigenvalue weighted by Crippen LogP contribution is 2.42. The highest BCUT2D eigenvalue weighted by atomic mass is 32.1. The molecule has 2 heterocycles. The molecule has 0 bridgehead atoms. The molecule has 0 spiro atoms. The minimum Gasteiger partial charge on any atom is -0.208 e. The molecule has 7 aromatic carbocycles. The van der Waals surface area contributed by atoms with E-state index in [0.717, 1.165) is 33.2 Å². The number of hydrogen-bond acceptors (Lipinski definition) is 4. The predicted molar refractivity (Wildman–Crippen MR) is 189 cm³/mol. The van der Waals surface area contributed by atoms with Gasteiger partial charge in [0.2, 0.25) is 0 Å². The van der Waals surface area contributed by atoms with Crippen molar-refractivity contribution in [3.05, 3.63) is 152 Å². The Hall–Kier alpha value is -5.71. The molecule has 2 aromatic heterocycles. The molecule has 0 atom stereocenters. The lowest BCUT2D eigenvalue weighted by Crippen LogP contribution is -2.00. The second-order valence-corrected chi connectivity index (χ2v) is 12.3. The summed E-state index contributed by atoms with van der Waals surface area (Å²) in [6.07, 6.45) is 0. The molecule has 0 aliphatic rings. The highest BCUT2D eigenvalue weighted by Gasteiger charge is 2.19. The SMILES string of the molecule is c1ccc(-c2cc(-c3nc(-c4ccccc4)nc(-c4ccc5c(ccc6ccccc65)c4)n3)c3c(c2)sc2ccccc23)cc1. The maximum Gasteiger partial charge on any atom is 0.164 e. The van der Waals surface area contributed by atoms with E-state index in [2.05, 4.69) is 133 Å². The van der Waals surface area contributed by atoms with Crippen LogP contribution < -0.4 is 0 Å². The van der Waals surface area contributed by atoms with Crippen LogP contribution >= 0.6 is 11.3 Å². The van der Waals surface area contributed by atoms with Crippen molar-refractivity contribution in [3.8, 4) is 45.3 Å². The standard InChI is InChI=1S/C41H25N3S/c1-3-11-26(12-4-1)31-24-35(38-34-17-9-10-18-36(34)45-37(38)25-31)41-43-39(28-14-5-2-6-15-28)42-40(44-41)30-21-22-33-29(23-30)20-19-27-13-7-8-16-32(27)33/h1-25H. The second-order valence-electron chi connectivity index (χ2n) is 11.3. The van der Waals surface area contributed by atoms with Gasteiger partial charge in [0.05, 0.1) is 0 Å². The number of aromatic nitrogens is 3. The Morgan fingerprint density at radius 1 is 0.356 bits per heavy atom. The van der Waals surface area contributed by atoms with Crippen molar-refractivity contribution in [2.75, 3.05) is 0 Å². The zero-order valence-electron chi connectivity index (χ0n) is 24.2. The maximum absolute atomic E-state index is 5.22. The van der Waals surface area contributed by atoms with Crippen molar-refractivity contribution in [2.45, 2.75) is 0 Å². The van der Waals surface area contributed by atoms with Gasteiger partial charge >= 0.3 is 0 Å². The van der Waals surface area contributed by atoms with E-state index in [0.29, 0.717) is 17.5 Å². The largest absolute Gasteiger partial charge is 0.208 e. The number of hydrogen-bond donors (Lipinski definition) is 0. The normalized spacial score (nSPS) is 11.6. The van der Waals surface area contributed by atoms with Crippen LogP contribution in [0.1, 0.15) is 0 Å². The second kappa shape index (κ2) is 10.5. The van der Waals surface area contributed by atoms with Crippen molar-refractivity contribution >= 4 is 53.1 Å². The van der Waals surface area contributed by atoms with Crippen LogP contribution in [0, 0.1) is 0 Å². The fourth-order valence-electron chi connectivity index (χ4n) is 6.32.